The van der Waals surface area contributed by atoms with Gasteiger partial charge in [-0.15, -0.1) is 11.3 Å². The molecule has 362 valence electrons. The monoisotopic (exact) mass is 975 g/mol. The van der Waals surface area contributed by atoms with Crippen molar-refractivity contribution in [3.8, 4) is 22.3 Å². The maximum absolute atomic E-state index is 13.7. The van der Waals surface area contributed by atoms with Crippen LogP contribution in [0.3, 0.4) is 0 Å². The second-order valence-corrected chi connectivity index (χ2v) is 18.6. The van der Waals surface area contributed by atoms with E-state index in [0.717, 1.165) is 45.2 Å². The van der Waals surface area contributed by atoms with Crippen molar-refractivity contribution in [3.05, 3.63) is 94.6 Å². The molecule has 2 saturated heterocycles. The molecule has 0 bridgehead atoms. The van der Waals surface area contributed by atoms with Gasteiger partial charge in [0.1, 0.15) is 30.0 Å². The largest absolute Gasteiger partial charge is 0.494 e. The third-order valence-electron chi connectivity index (χ3n) is 11.7. The number of carbonyl (C=O) groups excluding carboxylic acids is 4. The maximum Gasteiger partial charge on any atom is 0.417 e. The van der Waals surface area contributed by atoms with Gasteiger partial charge in [0.25, 0.3) is 5.91 Å². The number of benzene rings is 3. The number of aromatic nitrogens is 1. The van der Waals surface area contributed by atoms with Gasteiger partial charge in [0, 0.05) is 38.6 Å². The van der Waals surface area contributed by atoms with Crippen LogP contribution in [0.2, 0.25) is 0 Å². The van der Waals surface area contributed by atoms with E-state index in [1.165, 1.54) is 6.07 Å². The minimum absolute atomic E-state index is 0.000302. The summed E-state index contributed by atoms with van der Waals surface area (Å²) in [4.78, 5) is 63.0. The van der Waals surface area contributed by atoms with Crippen LogP contribution >= 0.6 is 23.6 Å². The summed E-state index contributed by atoms with van der Waals surface area (Å²) in [6, 6.07) is 18.1. The number of carbonyl (C=O) groups is 4. The number of rotatable bonds is 21. The Morgan fingerprint density at radius 1 is 0.971 bits per heavy atom. The highest BCUT2D eigenvalue weighted by Gasteiger charge is 2.51. The average Bonchev–Trinajstić information content (AvgIpc) is 4.02. The summed E-state index contributed by atoms with van der Waals surface area (Å²) in [6.07, 6.45) is -1.56. The number of nitrogens with zero attached hydrogens (tertiary/aromatic N) is 5. The SMILES string of the molecule is Cc1ncsc1-c1ccc(CNC(=O)[C@@H]2CCCN2C(=O)C(NC(=O)COCCCOCCCCOc2ccc(N3C(=S)N(c4ccc(C#N)c(C(F)(F)F)c4)C(=O)C3(C)C)cc2)C(C)C)cc1. The van der Waals surface area contributed by atoms with E-state index in [2.05, 4.69) is 15.6 Å². The lowest BCUT2D eigenvalue weighted by atomic mass is 10.0. The van der Waals surface area contributed by atoms with E-state index < -0.39 is 46.7 Å². The van der Waals surface area contributed by atoms with Gasteiger partial charge in [0.2, 0.25) is 17.7 Å². The fraction of sp³-hybridized carbons (Fsp3) is 0.449. The zero-order valence-corrected chi connectivity index (χ0v) is 40.3. The van der Waals surface area contributed by atoms with E-state index in [4.69, 9.17) is 26.4 Å². The number of unbranched alkanes of at least 4 members (excludes halogenated alkanes) is 1. The summed E-state index contributed by atoms with van der Waals surface area (Å²) >= 11 is 7.20. The van der Waals surface area contributed by atoms with E-state index in [9.17, 15) is 37.6 Å². The van der Waals surface area contributed by atoms with Gasteiger partial charge in [-0.25, -0.2) is 4.98 Å². The Morgan fingerprint density at radius 3 is 2.31 bits per heavy atom. The standard InChI is InChI=1S/C49H56F3N7O7S2/c1-31(2)42(45(62)57-21-8-10-40(57)44(61)54-28-33-11-13-34(14-12-33)43-32(3)55-30-68-43)56-41(60)29-65-24-9-23-64-22-6-7-25-66-38-19-17-36(18-20-38)59-47(67)58(46(63)48(59,4)5)37-16-15-35(27-53)39(26-37)49(50,51)52/h11-20,26,30-31,40,42H,6-10,21-25,28-29H2,1-5H3,(H,54,61)(H,56,60)/t40-,42?/m0/s1. The van der Waals surface area contributed by atoms with Crippen LogP contribution in [0.15, 0.2) is 72.2 Å². The Kier molecular flexibility index (Phi) is 17.3. The number of nitrogens with one attached hydrogen (secondary N) is 2. The number of anilines is 2. The minimum Gasteiger partial charge on any atom is -0.494 e. The van der Waals surface area contributed by atoms with Gasteiger partial charge in [0.05, 0.1) is 45.6 Å². The van der Waals surface area contributed by atoms with Crippen LogP contribution < -0.4 is 25.2 Å². The Bertz CT molecular complexity index is 2470. The second kappa shape index (κ2) is 22.9. The molecule has 6 rings (SSSR count). The van der Waals surface area contributed by atoms with Crippen LogP contribution in [0.1, 0.15) is 82.2 Å². The number of halogens is 3. The fourth-order valence-electron chi connectivity index (χ4n) is 8.05. The van der Waals surface area contributed by atoms with Crippen molar-refractivity contribution < 1.29 is 46.6 Å². The van der Waals surface area contributed by atoms with Gasteiger partial charge in [0.15, 0.2) is 5.11 Å². The zero-order valence-electron chi connectivity index (χ0n) is 38.7. The van der Waals surface area contributed by atoms with Gasteiger partial charge in [-0.3, -0.25) is 24.1 Å². The van der Waals surface area contributed by atoms with Crippen molar-refractivity contribution in [2.45, 2.75) is 97.1 Å². The first-order valence-corrected chi connectivity index (χ1v) is 23.8. The second-order valence-electron chi connectivity index (χ2n) is 17.4. The van der Waals surface area contributed by atoms with E-state index in [0.29, 0.717) is 70.0 Å². The lowest BCUT2D eigenvalue weighted by Gasteiger charge is -2.30. The van der Waals surface area contributed by atoms with Crippen molar-refractivity contribution in [2.24, 2.45) is 5.92 Å². The van der Waals surface area contributed by atoms with Crippen LogP contribution in [0.4, 0.5) is 24.5 Å². The highest BCUT2D eigenvalue weighted by Crippen LogP contribution is 2.40. The molecule has 2 fully saturated rings. The van der Waals surface area contributed by atoms with Gasteiger partial charge in [-0.2, -0.15) is 18.4 Å². The summed E-state index contributed by atoms with van der Waals surface area (Å²) in [5.41, 5.74) is 2.35. The molecule has 68 heavy (non-hydrogen) atoms. The first kappa shape index (κ1) is 51.5. The van der Waals surface area contributed by atoms with Crippen LogP contribution in [0.5, 0.6) is 5.75 Å². The average molecular weight is 976 g/mol. The van der Waals surface area contributed by atoms with Gasteiger partial charge in [-0.05, 0) is 125 Å². The molecule has 2 atom stereocenters. The molecule has 2 aliphatic heterocycles. The van der Waals surface area contributed by atoms with E-state index in [1.54, 1.807) is 65.3 Å². The minimum atomic E-state index is -4.80. The van der Waals surface area contributed by atoms with Crippen molar-refractivity contribution in [1.29, 1.82) is 5.26 Å². The zero-order chi connectivity index (χ0) is 49.2. The molecule has 0 aliphatic carbocycles. The quantitative estimate of drug-likeness (QED) is 0.0615. The van der Waals surface area contributed by atoms with Gasteiger partial charge >= 0.3 is 6.18 Å². The maximum atomic E-state index is 13.7. The molecule has 1 unspecified atom stereocenters. The van der Waals surface area contributed by atoms with E-state index >= 15 is 0 Å². The smallest absolute Gasteiger partial charge is 0.417 e. The molecule has 1 aromatic heterocycles. The Hall–Kier alpha value is -5.94. The van der Waals surface area contributed by atoms with Crippen LogP contribution in [0, 0.1) is 24.2 Å². The molecule has 14 nitrogen and oxygen atoms in total. The number of nitriles is 1. The molecule has 2 N–H and O–H groups in total. The number of ether oxygens (including phenoxy) is 3. The number of aryl methyl sites for hydroxylation is 1. The van der Waals surface area contributed by atoms with Crippen LogP contribution in [-0.4, -0.2) is 95.8 Å². The molecule has 3 heterocycles. The molecule has 0 spiro atoms. The molecule has 19 heteroatoms. The van der Waals surface area contributed by atoms with Crippen molar-refractivity contribution in [1.82, 2.24) is 20.5 Å². The number of thiocarbonyl (C=S) groups is 1. The highest BCUT2D eigenvalue weighted by atomic mass is 32.1. The third kappa shape index (κ3) is 12.4. The molecular weight excluding hydrogens is 920 g/mol. The topological polar surface area (TPSA) is 166 Å². The predicted molar refractivity (Wildman–Crippen MR) is 256 cm³/mol. The molecule has 3 aromatic carbocycles. The fourth-order valence-corrected chi connectivity index (χ4v) is 9.38. The number of alkyl halides is 3. The Morgan fingerprint density at radius 2 is 1.65 bits per heavy atom. The molecule has 4 amide bonds. The number of hydrogen-bond donors (Lipinski definition) is 2. The first-order valence-electron chi connectivity index (χ1n) is 22.5. The van der Waals surface area contributed by atoms with Crippen molar-refractivity contribution >= 4 is 63.7 Å². The number of hydrogen-bond acceptors (Lipinski definition) is 11. The molecule has 2 aliphatic rings. The highest BCUT2D eigenvalue weighted by molar-refractivity contribution is 7.81. The number of thiazole rings is 1. The van der Waals surface area contributed by atoms with Gasteiger partial charge in [-0.1, -0.05) is 38.1 Å². The van der Waals surface area contributed by atoms with Crippen LogP contribution in [0.25, 0.3) is 10.4 Å². The summed E-state index contributed by atoms with van der Waals surface area (Å²) in [5.74, 6) is -1.08. The normalized spacial score (nSPS) is 16.3. The van der Waals surface area contributed by atoms with Crippen molar-refractivity contribution in [3.63, 3.8) is 0 Å². The predicted octanol–water partition coefficient (Wildman–Crippen LogP) is 7.96. The molecular formula is C49H56F3N7O7S2. The summed E-state index contributed by atoms with van der Waals surface area (Å²) in [5, 5.41) is 15.0. The molecule has 0 saturated carbocycles. The molecule has 4 aromatic rings. The summed E-state index contributed by atoms with van der Waals surface area (Å²) in [7, 11) is 0. The van der Waals surface area contributed by atoms with Gasteiger partial charge < -0.3 is 34.6 Å². The lowest BCUT2D eigenvalue weighted by molar-refractivity contribution is -0.143. The summed E-state index contributed by atoms with van der Waals surface area (Å²) < 4.78 is 58.3. The number of amides is 4. The first-order chi connectivity index (χ1) is 32.4. The van der Waals surface area contributed by atoms with E-state index in [-0.39, 0.29) is 41.7 Å². The Labute approximate surface area is 403 Å². The van der Waals surface area contributed by atoms with E-state index in [1.807, 2.05) is 50.5 Å². The third-order valence-corrected chi connectivity index (χ3v) is 13.1. The van der Waals surface area contributed by atoms with Crippen molar-refractivity contribution in [2.75, 3.05) is 49.4 Å². The lowest BCUT2D eigenvalue weighted by Crippen LogP contribution is -2.55. The number of likely N-dealkylation sites (tertiary alicyclic amines) is 1. The van der Waals surface area contributed by atoms with Crippen LogP contribution in [-0.2, 0) is 41.4 Å². The molecule has 0 radical (unpaired) electrons. The summed E-state index contributed by atoms with van der Waals surface area (Å²) in [6.45, 7) is 11.1. The Balaban J connectivity index is 0.845.